The normalized spacial score (nSPS) is 11.3. The summed E-state index contributed by atoms with van der Waals surface area (Å²) in [5, 5.41) is 6.97. The number of benzene rings is 2. The Labute approximate surface area is 171 Å². The predicted octanol–water partition coefficient (Wildman–Crippen LogP) is 3.42. The first-order chi connectivity index (χ1) is 13.6. The van der Waals surface area contributed by atoms with Gasteiger partial charge in [-0.3, -0.25) is 13.8 Å². The Balaban J connectivity index is 1.97. The molecule has 1 aromatic heterocycles. The molecule has 1 heterocycles. The minimum absolute atomic E-state index is 0.146. The molecule has 0 radical (unpaired) electrons. The summed E-state index contributed by atoms with van der Waals surface area (Å²) in [6, 6.07) is 12.3. The largest absolute Gasteiger partial charge is 0.322 e. The lowest BCUT2D eigenvalue weighted by Crippen LogP contribution is -2.30. The average molecular weight is 413 g/mol. The van der Waals surface area contributed by atoms with Crippen molar-refractivity contribution in [2.24, 2.45) is 7.05 Å². The fourth-order valence-electron chi connectivity index (χ4n) is 3.01. The molecule has 0 aliphatic rings. The van der Waals surface area contributed by atoms with E-state index >= 15 is 0 Å². The van der Waals surface area contributed by atoms with E-state index in [-0.39, 0.29) is 16.3 Å². The highest BCUT2D eigenvalue weighted by atomic mass is 32.2. The maximum absolute atomic E-state index is 13.1. The molecule has 1 amide bonds. The number of aryl methyl sites for hydroxylation is 4. The van der Waals surface area contributed by atoms with Crippen LogP contribution < -0.4 is 9.62 Å². The van der Waals surface area contributed by atoms with Gasteiger partial charge >= 0.3 is 0 Å². The molecule has 7 nitrogen and oxygen atoms in total. The second-order valence-corrected chi connectivity index (χ2v) is 9.03. The van der Waals surface area contributed by atoms with Crippen LogP contribution in [0, 0.1) is 20.8 Å². The average Bonchev–Trinajstić information content (AvgIpc) is 3.05. The topological polar surface area (TPSA) is 84.3 Å². The number of hydrogen-bond donors (Lipinski definition) is 1. The molecule has 29 heavy (non-hydrogen) atoms. The van der Waals surface area contributed by atoms with Gasteiger partial charge in [0.1, 0.15) is 5.56 Å². The molecule has 1 N–H and O–H groups in total. The van der Waals surface area contributed by atoms with E-state index in [0.717, 1.165) is 21.0 Å². The maximum atomic E-state index is 13.1. The minimum Gasteiger partial charge on any atom is -0.322 e. The van der Waals surface area contributed by atoms with Gasteiger partial charge in [-0.1, -0.05) is 29.8 Å². The van der Waals surface area contributed by atoms with Crippen LogP contribution in [-0.2, 0) is 17.1 Å². The Bertz CT molecular complexity index is 1170. The number of carbonyl (C=O) groups is 1. The van der Waals surface area contributed by atoms with E-state index in [1.165, 1.54) is 17.9 Å². The molecule has 8 heteroatoms. The fraction of sp³-hybridized carbons (Fsp3) is 0.238. The molecule has 0 fully saturated rings. The molecule has 0 saturated heterocycles. The molecule has 0 atom stereocenters. The van der Waals surface area contributed by atoms with Crippen LogP contribution in [0.15, 0.2) is 53.6 Å². The van der Waals surface area contributed by atoms with Crippen LogP contribution in [0.5, 0.6) is 0 Å². The van der Waals surface area contributed by atoms with E-state index in [0.29, 0.717) is 5.69 Å². The Morgan fingerprint density at radius 3 is 2.31 bits per heavy atom. The molecule has 3 rings (SSSR count). The van der Waals surface area contributed by atoms with Gasteiger partial charge in [0.2, 0.25) is 0 Å². The second-order valence-electron chi connectivity index (χ2n) is 7.06. The quantitative estimate of drug-likeness (QED) is 0.696. The molecular formula is C21H24N4O3S. The molecule has 0 aliphatic carbocycles. The monoisotopic (exact) mass is 412 g/mol. The van der Waals surface area contributed by atoms with Gasteiger partial charge in [0, 0.05) is 19.8 Å². The number of nitrogens with zero attached hydrogens (tertiary/aromatic N) is 3. The van der Waals surface area contributed by atoms with Crippen molar-refractivity contribution in [1.29, 1.82) is 0 Å². The molecule has 3 aromatic rings. The number of anilines is 2. The van der Waals surface area contributed by atoms with Gasteiger partial charge in [-0.05, 0) is 50.1 Å². The van der Waals surface area contributed by atoms with Crippen molar-refractivity contribution < 1.29 is 13.2 Å². The molecule has 152 valence electrons. The van der Waals surface area contributed by atoms with Crippen LogP contribution >= 0.6 is 0 Å². The number of carbonyl (C=O) groups excluding carboxylic acids is 1. The van der Waals surface area contributed by atoms with Gasteiger partial charge in [-0.15, -0.1) is 0 Å². The zero-order valence-corrected chi connectivity index (χ0v) is 17.9. The first kappa shape index (κ1) is 20.6. The molecule has 0 aliphatic heterocycles. The second kappa shape index (κ2) is 7.71. The highest BCUT2D eigenvalue weighted by Gasteiger charge is 2.28. The summed E-state index contributed by atoms with van der Waals surface area (Å²) in [6.45, 7) is 5.72. The van der Waals surface area contributed by atoms with E-state index in [4.69, 9.17) is 0 Å². The van der Waals surface area contributed by atoms with Crippen molar-refractivity contribution in [2.45, 2.75) is 25.7 Å². The van der Waals surface area contributed by atoms with E-state index < -0.39 is 15.9 Å². The number of amides is 1. The summed E-state index contributed by atoms with van der Waals surface area (Å²) in [6.07, 6.45) is 1.37. The van der Waals surface area contributed by atoms with Crippen LogP contribution in [0.3, 0.4) is 0 Å². The van der Waals surface area contributed by atoms with E-state index in [2.05, 4.69) is 10.4 Å². The van der Waals surface area contributed by atoms with Crippen LogP contribution in [0.2, 0.25) is 0 Å². The van der Waals surface area contributed by atoms with Gasteiger partial charge < -0.3 is 5.32 Å². The zero-order valence-electron chi connectivity index (χ0n) is 17.1. The van der Waals surface area contributed by atoms with Crippen molar-refractivity contribution in [2.75, 3.05) is 16.7 Å². The molecule has 2 aromatic carbocycles. The van der Waals surface area contributed by atoms with Gasteiger partial charge in [0.15, 0.2) is 5.82 Å². The third kappa shape index (κ3) is 4.02. The fourth-order valence-corrected chi connectivity index (χ4v) is 4.25. The van der Waals surface area contributed by atoms with Crippen LogP contribution in [-0.4, -0.2) is 31.2 Å². The van der Waals surface area contributed by atoms with Gasteiger partial charge in [0.05, 0.1) is 11.1 Å². The lowest BCUT2D eigenvalue weighted by Gasteiger charge is -2.21. The lowest BCUT2D eigenvalue weighted by atomic mass is 10.1. The smallest absolute Gasteiger partial charge is 0.265 e. The third-order valence-electron chi connectivity index (χ3n) is 4.77. The maximum Gasteiger partial charge on any atom is 0.265 e. The Hall–Kier alpha value is -3.13. The van der Waals surface area contributed by atoms with Crippen molar-refractivity contribution in [1.82, 2.24) is 9.78 Å². The van der Waals surface area contributed by atoms with Crippen LogP contribution in [0.4, 0.5) is 11.5 Å². The molecule has 0 unspecified atom stereocenters. The Kier molecular flexibility index (Phi) is 5.48. The molecule has 0 saturated carbocycles. The van der Waals surface area contributed by atoms with E-state index in [9.17, 15) is 13.2 Å². The van der Waals surface area contributed by atoms with Crippen molar-refractivity contribution in [3.63, 3.8) is 0 Å². The Morgan fingerprint density at radius 2 is 1.66 bits per heavy atom. The predicted molar refractivity (Wildman–Crippen MR) is 114 cm³/mol. The third-order valence-corrected chi connectivity index (χ3v) is 6.53. The number of rotatable bonds is 5. The number of aromatic nitrogens is 2. The first-order valence-corrected chi connectivity index (χ1v) is 10.5. The molecular weight excluding hydrogens is 388 g/mol. The van der Waals surface area contributed by atoms with E-state index in [1.54, 1.807) is 31.3 Å². The summed E-state index contributed by atoms with van der Waals surface area (Å²) < 4.78 is 28.6. The molecule has 0 spiro atoms. The highest BCUT2D eigenvalue weighted by Crippen LogP contribution is 2.27. The summed E-state index contributed by atoms with van der Waals surface area (Å²) in [5.41, 5.74) is 3.73. The van der Waals surface area contributed by atoms with Crippen molar-refractivity contribution in [3.8, 4) is 0 Å². The van der Waals surface area contributed by atoms with Gasteiger partial charge in [-0.25, -0.2) is 8.42 Å². The van der Waals surface area contributed by atoms with Crippen molar-refractivity contribution >= 4 is 27.4 Å². The van der Waals surface area contributed by atoms with Crippen LogP contribution in [0.25, 0.3) is 0 Å². The van der Waals surface area contributed by atoms with Gasteiger partial charge in [0.25, 0.3) is 15.9 Å². The van der Waals surface area contributed by atoms with E-state index in [1.807, 2.05) is 39.0 Å². The number of sulfonamides is 1. The van der Waals surface area contributed by atoms with Crippen molar-refractivity contribution in [3.05, 3.63) is 70.9 Å². The minimum atomic E-state index is -3.85. The lowest BCUT2D eigenvalue weighted by molar-refractivity contribution is 0.102. The summed E-state index contributed by atoms with van der Waals surface area (Å²) in [7, 11) is -0.833. The number of nitrogens with one attached hydrogen (secondary N) is 1. The summed E-state index contributed by atoms with van der Waals surface area (Å²) in [5.74, 6) is -0.235. The van der Waals surface area contributed by atoms with Crippen LogP contribution in [0.1, 0.15) is 27.0 Å². The first-order valence-electron chi connectivity index (χ1n) is 9.07. The number of hydrogen-bond acceptors (Lipinski definition) is 4. The zero-order chi connectivity index (χ0) is 21.3. The Morgan fingerprint density at radius 1 is 1.03 bits per heavy atom. The molecule has 0 bridgehead atoms. The summed E-state index contributed by atoms with van der Waals surface area (Å²) >= 11 is 0. The van der Waals surface area contributed by atoms with Gasteiger partial charge in [-0.2, -0.15) is 5.10 Å². The SMILES string of the molecule is Cc1ccc(S(=O)(=O)N(C)c2c(C(=O)Nc3cc(C)ccc3C)cnn2C)cc1. The summed E-state index contributed by atoms with van der Waals surface area (Å²) in [4.78, 5) is 13.1. The highest BCUT2D eigenvalue weighted by molar-refractivity contribution is 7.92. The standard InChI is InChI=1S/C21H24N4O3S/c1-14-7-10-17(11-8-14)29(27,28)25(5)21-18(13-22-24(21)4)20(26)23-19-12-15(2)6-9-16(19)3/h6-13H,1-5H3,(H,23,26).